The molecule has 5 heteroatoms. The summed E-state index contributed by atoms with van der Waals surface area (Å²) in [6.07, 6.45) is 1.51. The van der Waals surface area contributed by atoms with Gasteiger partial charge in [0.05, 0.1) is 12.7 Å². The van der Waals surface area contributed by atoms with Gasteiger partial charge in [0.25, 0.3) is 0 Å². The molecule has 0 atom stereocenters. The summed E-state index contributed by atoms with van der Waals surface area (Å²) in [5.74, 6) is 0.677. The first-order valence-corrected chi connectivity index (χ1v) is 10.9. The molecule has 3 rings (SSSR count). The normalized spacial score (nSPS) is 10.7. The van der Waals surface area contributed by atoms with Crippen LogP contribution in [0.25, 0.3) is 11.1 Å². The predicted molar refractivity (Wildman–Crippen MR) is 128 cm³/mol. The second-order valence-corrected chi connectivity index (χ2v) is 7.89. The number of carbonyl (C=O) groups excluding carboxylic acids is 2. The van der Waals surface area contributed by atoms with Crippen molar-refractivity contribution in [3.8, 4) is 16.9 Å². The molecule has 1 heterocycles. The quantitative estimate of drug-likeness (QED) is 0.439. The van der Waals surface area contributed by atoms with Crippen molar-refractivity contribution in [2.45, 2.75) is 40.0 Å². The molecule has 0 aliphatic rings. The Bertz CT molecular complexity index is 1120. The molecule has 3 aromatic rings. The molecule has 0 N–H and O–H groups in total. The Balaban J connectivity index is 1.76. The summed E-state index contributed by atoms with van der Waals surface area (Å²) < 4.78 is 5.54. The molecule has 166 valence electrons. The van der Waals surface area contributed by atoms with E-state index in [0.717, 1.165) is 33.8 Å². The third kappa shape index (κ3) is 5.22. The standard InChI is InChI=1S/C27H30N2O3/c1-6-27(31)29(4)23-13-9-21(10-14-23)22-11-15-24(26(17-22)32-5)25(30)16-12-20-8-7-18(2)28-19(20)3/h7-11,13-15,17H,6,12,16H2,1-5H3. The summed E-state index contributed by atoms with van der Waals surface area (Å²) in [7, 11) is 3.36. The number of anilines is 1. The first kappa shape index (κ1) is 23.2. The fourth-order valence-electron chi connectivity index (χ4n) is 3.72. The van der Waals surface area contributed by atoms with E-state index in [1.807, 2.05) is 75.4 Å². The number of amides is 1. The first-order valence-electron chi connectivity index (χ1n) is 10.9. The van der Waals surface area contributed by atoms with Crippen LogP contribution in [0.1, 0.15) is 47.1 Å². The van der Waals surface area contributed by atoms with E-state index in [-0.39, 0.29) is 11.7 Å². The lowest BCUT2D eigenvalue weighted by molar-refractivity contribution is -0.118. The van der Waals surface area contributed by atoms with Gasteiger partial charge in [0.1, 0.15) is 5.75 Å². The Morgan fingerprint density at radius 3 is 2.28 bits per heavy atom. The first-order chi connectivity index (χ1) is 15.3. The highest BCUT2D eigenvalue weighted by Crippen LogP contribution is 2.30. The summed E-state index contributed by atoms with van der Waals surface area (Å²) in [5.41, 5.74) is 6.41. The lowest BCUT2D eigenvalue weighted by Gasteiger charge is -2.17. The van der Waals surface area contributed by atoms with Crippen molar-refractivity contribution in [2.75, 3.05) is 19.1 Å². The molecular formula is C27H30N2O3. The van der Waals surface area contributed by atoms with Crippen LogP contribution < -0.4 is 9.64 Å². The molecular weight excluding hydrogens is 400 g/mol. The van der Waals surface area contributed by atoms with Gasteiger partial charge in [-0.2, -0.15) is 0 Å². The Labute approximate surface area is 190 Å². The number of rotatable bonds is 8. The minimum absolute atomic E-state index is 0.0448. The lowest BCUT2D eigenvalue weighted by atomic mass is 9.98. The fraction of sp³-hybridized carbons (Fsp3) is 0.296. The molecule has 1 aromatic heterocycles. The molecule has 0 saturated heterocycles. The number of ketones is 1. The number of carbonyl (C=O) groups is 2. The van der Waals surface area contributed by atoms with Gasteiger partial charge in [-0.1, -0.05) is 31.2 Å². The minimum atomic E-state index is 0.0448. The van der Waals surface area contributed by atoms with Crippen LogP contribution in [0.3, 0.4) is 0 Å². The zero-order chi connectivity index (χ0) is 23.3. The largest absolute Gasteiger partial charge is 0.496 e. The Hall–Kier alpha value is -3.47. The van der Waals surface area contributed by atoms with Crippen molar-refractivity contribution >= 4 is 17.4 Å². The number of hydrogen-bond donors (Lipinski definition) is 0. The van der Waals surface area contributed by atoms with Crippen LogP contribution in [-0.2, 0) is 11.2 Å². The highest BCUT2D eigenvalue weighted by Gasteiger charge is 2.15. The number of hydrogen-bond acceptors (Lipinski definition) is 4. The van der Waals surface area contributed by atoms with E-state index in [1.54, 1.807) is 19.1 Å². The maximum atomic E-state index is 12.9. The van der Waals surface area contributed by atoms with E-state index in [4.69, 9.17) is 4.74 Å². The Kier molecular flexibility index (Phi) is 7.41. The summed E-state index contributed by atoms with van der Waals surface area (Å²) in [4.78, 5) is 30.9. The molecule has 0 aliphatic carbocycles. The van der Waals surface area contributed by atoms with Crippen molar-refractivity contribution < 1.29 is 14.3 Å². The van der Waals surface area contributed by atoms with Gasteiger partial charge in [-0.05, 0) is 67.3 Å². The van der Waals surface area contributed by atoms with Crippen molar-refractivity contribution in [1.29, 1.82) is 0 Å². The van der Waals surface area contributed by atoms with Gasteiger partial charge in [-0.25, -0.2) is 0 Å². The van der Waals surface area contributed by atoms with Crippen molar-refractivity contribution in [3.05, 3.63) is 77.1 Å². The fourth-order valence-corrected chi connectivity index (χ4v) is 3.72. The smallest absolute Gasteiger partial charge is 0.226 e. The van der Waals surface area contributed by atoms with Crippen molar-refractivity contribution in [3.63, 3.8) is 0 Å². The number of aromatic nitrogens is 1. The Morgan fingerprint density at radius 2 is 1.66 bits per heavy atom. The zero-order valence-corrected chi connectivity index (χ0v) is 19.4. The van der Waals surface area contributed by atoms with Crippen molar-refractivity contribution in [1.82, 2.24) is 4.98 Å². The summed E-state index contributed by atoms with van der Waals surface area (Å²) in [6.45, 7) is 5.79. The highest BCUT2D eigenvalue weighted by molar-refractivity contribution is 5.99. The van der Waals surface area contributed by atoms with Crippen LogP contribution in [0.2, 0.25) is 0 Å². The van der Waals surface area contributed by atoms with E-state index in [0.29, 0.717) is 30.6 Å². The molecule has 32 heavy (non-hydrogen) atoms. The third-order valence-corrected chi connectivity index (χ3v) is 5.72. The van der Waals surface area contributed by atoms with Crippen LogP contribution >= 0.6 is 0 Å². The summed E-state index contributed by atoms with van der Waals surface area (Å²) in [6, 6.07) is 17.5. The van der Waals surface area contributed by atoms with E-state index < -0.39 is 0 Å². The minimum Gasteiger partial charge on any atom is -0.496 e. The van der Waals surface area contributed by atoms with E-state index in [1.165, 1.54) is 0 Å². The number of aryl methyl sites for hydroxylation is 3. The maximum absolute atomic E-state index is 12.9. The van der Waals surface area contributed by atoms with Crippen LogP contribution in [0.5, 0.6) is 5.75 Å². The predicted octanol–water partition coefficient (Wildman–Crippen LogP) is 5.56. The van der Waals surface area contributed by atoms with Crippen LogP contribution in [-0.4, -0.2) is 30.8 Å². The number of methoxy groups -OCH3 is 1. The molecule has 0 saturated carbocycles. The summed E-state index contributed by atoms with van der Waals surface area (Å²) >= 11 is 0. The van der Waals surface area contributed by atoms with E-state index in [9.17, 15) is 9.59 Å². The number of Topliss-reactive ketones (excluding diaryl/α,β-unsaturated/α-hetero) is 1. The van der Waals surface area contributed by atoms with Crippen LogP contribution in [0.15, 0.2) is 54.6 Å². The second kappa shape index (κ2) is 10.2. The molecule has 5 nitrogen and oxygen atoms in total. The van der Waals surface area contributed by atoms with Gasteiger partial charge < -0.3 is 9.64 Å². The average Bonchev–Trinajstić information content (AvgIpc) is 2.82. The van der Waals surface area contributed by atoms with E-state index >= 15 is 0 Å². The summed E-state index contributed by atoms with van der Waals surface area (Å²) in [5, 5.41) is 0. The second-order valence-electron chi connectivity index (χ2n) is 7.89. The molecule has 0 spiro atoms. The van der Waals surface area contributed by atoms with Gasteiger partial charge in [0.2, 0.25) is 5.91 Å². The van der Waals surface area contributed by atoms with Gasteiger partial charge in [0, 0.05) is 37.0 Å². The zero-order valence-electron chi connectivity index (χ0n) is 19.4. The topological polar surface area (TPSA) is 59.5 Å². The Morgan fingerprint density at radius 1 is 0.969 bits per heavy atom. The number of benzene rings is 2. The highest BCUT2D eigenvalue weighted by atomic mass is 16.5. The molecule has 2 aromatic carbocycles. The average molecular weight is 431 g/mol. The lowest BCUT2D eigenvalue weighted by Crippen LogP contribution is -2.24. The maximum Gasteiger partial charge on any atom is 0.226 e. The van der Waals surface area contributed by atoms with Crippen LogP contribution in [0.4, 0.5) is 5.69 Å². The van der Waals surface area contributed by atoms with Gasteiger partial charge in [-0.15, -0.1) is 0 Å². The molecule has 0 unspecified atom stereocenters. The number of nitrogens with zero attached hydrogens (tertiary/aromatic N) is 2. The molecule has 0 aliphatic heterocycles. The molecule has 0 fully saturated rings. The molecule has 0 bridgehead atoms. The monoisotopic (exact) mass is 430 g/mol. The van der Waals surface area contributed by atoms with Gasteiger partial charge in [0.15, 0.2) is 5.78 Å². The van der Waals surface area contributed by atoms with Crippen LogP contribution in [0, 0.1) is 13.8 Å². The number of ether oxygens (including phenoxy) is 1. The van der Waals surface area contributed by atoms with Gasteiger partial charge >= 0.3 is 0 Å². The number of pyridine rings is 1. The SMILES string of the molecule is CCC(=O)N(C)c1ccc(-c2ccc(C(=O)CCc3ccc(C)nc3C)c(OC)c2)cc1. The molecule has 0 radical (unpaired) electrons. The van der Waals surface area contributed by atoms with E-state index in [2.05, 4.69) is 4.98 Å². The molecule has 1 amide bonds. The van der Waals surface area contributed by atoms with Crippen molar-refractivity contribution in [2.24, 2.45) is 0 Å². The third-order valence-electron chi connectivity index (χ3n) is 5.72. The van der Waals surface area contributed by atoms with Gasteiger partial charge in [-0.3, -0.25) is 14.6 Å².